The molecular weight excluding hydrogens is 334 g/mol. The van der Waals surface area contributed by atoms with E-state index in [-0.39, 0.29) is 11.4 Å². The molecule has 1 aromatic heterocycles. The number of rotatable bonds is 7. The van der Waals surface area contributed by atoms with Crippen LogP contribution in [0.2, 0.25) is 0 Å². The predicted molar refractivity (Wildman–Crippen MR) is 102 cm³/mol. The van der Waals surface area contributed by atoms with Crippen LogP contribution in [0, 0.1) is 5.41 Å². The van der Waals surface area contributed by atoms with Crippen LogP contribution in [0.15, 0.2) is 30.3 Å². The van der Waals surface area contributed by atoms with E-state index < -0.39 is 0 Å². The molecule has 0 aliphatic carbocycles. The van der Waals surface area contributed by atoms with Crippen LogP contribution in [0.4, 0.5) is 0 Å². The van der Waals surface area contributed by atoms with E-state index in [0.717, 1.165) is 38.9 Å². The topological polar surface area (TPSA) is 38.8 Å². The number of methoxy groups -OCH3 is 1. The van der Waals surface area contributed by atoms with Crippen molar-refractivity contribution in [3.05, 3.63) is 35.2 Å². The minimum atomic E-state index is -0.372. The first-order valence-electron chi connectivity index (χ1n) is 9.03. The second-order valence-corrected chi connectivity index (χ2v) is 7.94. The number of esters is 1. The fourth-order valence-electron chi connectivity index (χ4n) is 3.61. The fraction of sp³-hybridized carbons (Fsp3) is 0.550. The van der Waals surface area contributed by atoms with Gasteiger partial charge in [-0.15, -0.1) is 11.3 Å². The highest BCUT2D eigenvalue weighted by atomic mass is 32.1. The van der Waals surface area contributed by atoms with E-state index in [4.69, 9.17) is 9.47 Å². The fourth-order valence-corrected chi connectivity index (χ4v) is 4.72. The lowest BCUT2D eigenvalue weighted by molar-refractivity contribution is -0.160. The van der Waals surface area contributed by atoms with Crippen LogP contribution in [-0.4, -0.2) is 44.3 Å². The summed E-state index contributed by atoms with van der Waals surface area (Å²) in [5, 5.41) is 1.32. The standard InChI is InChI=1S/C20H27NO3S/c1-3-24-19(22)20(10-13-23-2)8-11-21(12-9-20)15-17-14-16-6-4-5-7-18(16)25-17/h4-7,14H,3,8-13,15H2,1-2H3. The van der Waals surface area contributed by atoms with Crippen LogP contribution in [0.5, 0.6) is 0 Å². The molecule has 3 rings (SSSR count). The number of fused-ring (bicyclic) bond motifs is 1. The van der Waals surface area contributed by atoms with E-state index in [9.17, 15) is 4.79 Å². The molecule has 0 atom stereocenters. The molecule has 1 saturated heterocycles. The van der Waals surface area contributed by atoms with Gasteiger partial charge in [-0.2, -0.15) is 0 Å². The summed E-state index contributed by atoms with van der Waals surface area (Å²) in [7, 11) is 1.69. The molecule has 0 spiro atoms. The van der Waals surface area contributed by atoms with Gasteiger partial charge < -0.3 is 9.47 Å². The summed E-state index contributed by atoms with van der Waals surface area (Å²) >= 11 is 1.87. The van der Waals surface area contributed by atoms with Crippen LogP contribution < -0.4 is 0 Å². The number of hydrogen-bond donors (Lipinski definition) is 0. The van der Waals surface area contributed by atoms with Gasteiger partial charge in [-0.1, -0.05) is 18.2 Å². The van der Waals surface area contributed by atoms with Gasteiger partial charge in [-0.3, -0.25) is 9.69 Å². The Bertz CT molecular complexity index is 671. The lowest BCUT2D eigenvalue weighted by Gasteiger charge is -2.39. The molecule has 2 aromatic rings. The third-order valence-electron chi connectivity index (χ3n) is 5.16. The maximum Gasteiger partial charge on any atom is 0.312 e. The van der Waals surface area contributed by atoms with Gasteiger partial charge in [0.05, 0.1) is 12.0 Å². The minimum Gasteiger partial charge on any atom is -0.466 e. The van der Waals surface area contributed by atoms with Crippen molar-refractivity contribution in [3.8, 4) is 0 Å². The summed E-state index contributed by atoms with van der Waals surface area (Å²) in [4.78, 5) is 16.4. The predicted octanol–water partition coefficient (Wildman–Crippen LogP) is 4.08. The van der Waals surface area contributed by atoms with Gasteiger partial charge in [0, 0.05) is 29.8 Å². The maximum absolute atomic E-state index is 12.5. The average molecular weight is 362 g/mol. The number of carbonyl (C=O) groups excluding carboxylic acids is 1. The van der Waals surface area contributed by atoms with E-state index >= 15 is 0 Å². The molecule has 0 N–H and O–H groups in total. The van der Waals surface area contributed by atoms with Crippen LogP contribution in [-0.2, 0) is 20.8 Å². The van der Waals surface area contributed by atoms with Crippen molar-refractivity contribution in [2.75, 3.05) is 33.4 Å². The number of thiophene rings is 1. The van der Waals surface area contributed by atoms with Gasteiger partial charge in [-0.05, 0) is 56.8 Å². The first kappa shape index (κ1) is 18.4. The highest BCUT2D eigenvalue weighted by molar-refractivity contribution is 7.19. The van der Waals surface area contributed by atoms with Gasteiger partial charge in [-0.25, -0.2) is 0 Å². The summed E-state index contributed by atoms with van der Waals surface area (Å²) in [6.45, 7) is 5.74. The Hall–Kier alpha value is -1.43. The summed E-state index contributed by atoms with van der Waals surface area (Å²) in [6, 6.07) is 10.8. The van der Waals surface area contributed by atoms with E-state index in [2.05, 4.69) is 35.2 Å². The number of ether oxygens (including phenoxy) is 2. The Balaban J connectivity index is 1.63. The highest BCUT2D eigenvalue weighted by Gasteiger charge is 2.42. The van der Waals surface area contributed by atoms with E-state index in [1.807, 2.05) is 18.3 Å². The molecule has 0 amide bonds. The molecule has 0 radical (unpaired) electrons. The number of hydrogen-bond acceptors (Lipinski definition) is 5. The molecule has 2 heterocycles. The summed E-state index contributed by atoms with van der Waals surface area (Å²) in [5.41, 5.74) is -0.372. The molecular formula is C20H27NO3S. The Morgan fingerprint density at radius 1 is 1.28 bits per heavy atom. The van der Waals surface area contributed by atoms with Crippen LogP contribution in [0.3, 0.4) is 0 Å². The van der Waals surface area contributed by atoms with Crippen molar-refractivity contribution < 1.29 is 14.3 Å². The van der Waals surface area contributed by atoms with Gasteiger partial charge >= 0.3 is 5.97 Å². The molecule has 4 nitrogen and oxygen atoms in total. The molecule has 0 unspecified atom stereocenters. The first-order chi connectivity index (χ1) is 12.2. The molecule has 1 aliphatic heterocycles. The number of nitrogens with zero attached hydrogens (tertiary/aromatic N) is 1. The average Bonchev–Trinajstić information content (AvgIpc) is 3.04. The molecule has 25 heavy (non-hydrogen) atoms. The van der Waals surface area contributed by atoms with Gasteiger partial charge in [0.2, 0.25) is 0 Å². The van der Waals surface area contributed by atoms with Gasteiger partial charge in [0.25, 0.3) is 0 Å². The quantitative estimate of drug-likeness (QED) is 0.697. The molecule has 1 fully saturated rings. The summed E-state index contributed by atoms with van der Waals surface area (Å²) in [5.74, 6) is -0.0476. The van der Waals surface area contributed by atoms with Crippen molar-refractivity contribution >= 4 is 27.4 Å². The lowest BCUT2D eigenvalue weighted by Crippen LogP contribution is -2.45. The van der Waals surface area contributed by atoms with Crippen molar-refractivity contribution in [3.63, 3.8) is 0 Å². The zero-order chi connectivity index (χ0) is 17.7. The van der Waals surface area contributed by atoms with Crippen LogP contribution in [0.25, 0.3) is 10.1 Å². The van der Waals surface area contributed by atoms with Gasteiger partial charge in [0.1, 0.15) is 0 Å². The number of carbonyl (C=O) groups is 1. The Labute approximate surface area is 153 Å². The smallest absolute Gasteiger partial charge is 0.312 e. The second-order valence-electron chi connectivity index (χ2n) is 6.77. The van der Waals surface area contributed by atoms with E-state index in [1.54, 1.807) is 7.11 Å². The highest BCUT2D eigenvalue weighted by Crippen LogP contribution is 2.37. The van der Waals surface area contributed by atoms with Crippen molar-refractivity contribution in [2.24, 2.45) is 5.41 Å². The molecule has 136 valence electrons. The Morgan fingerprint density at radius 2 is 2.04 bits per heavy atom. The monoisotopic (exact) mass is 361 g/mol. The molecule has 0 saturated carbocycles. The first-order valence-corrected chi connectivity index (χ1v) is 9.84. The van der Waals surface area contributed by atoms with Crippen LogP contribution >= 0.6 is 11.3 Å². The maximum atomic E-state index is 12.5. The molecule has 5 heteroatoms. The molecule has 1 aromatic carbocycles. The van der Waals surface area contributed by atoms with Crippen LogP contribution in [0.1, 0.15) is 31.1 Å². The summed E-state index contributed by atoms with van der Waals surface area (Å²) in [6.07, 6.45) is 2.44. The number of benzene rings is 1. The number of likely N-dealkylation sites (tertiary alicyclic amines) is 1. The minimum absolute atomic E-state index is 0.0476. The normalized spacial score (nSPS) is 17.7. The third-order valence-corrected chi connectivity index (χ3v) is 6.26. The largest absolute Gasteiger partial charge is 0.466 e. The van der Waals surface area contributed by atoms with Crippen molar-refractivity contribution in [1.82, 2.24) is 4.90 Å². The summed E-state index contributed by atoms with van der Waals surface area (Å²) < 4.78 is 11.9. The Morgan fingerprint density at radius 3 is 2.72 bits per heavy atom. The van der Waals surface area contributed by atoms with Crippen molar-refractivity contribution in [1.29, 1.82) is 0 Å². The SMILES string of the molecule is CCOC(=O)C1(CCOC)CCN(Cc2cc3ccccc3s2)CC1. The number of piperidine rings is 1. The van der Waals surface area contributed by atoms with E-state index in [0.29, 0.717) is 13.2 Å². The lowest BCUT2D eigenvalue weighted by atomic mass is 9.76. The molecule has 0 bridgehead atoms. The zero-order valence-electron chi connectivity index (χ0n) is 15.1. The van der Waals surface area contributed by atoms with Crippen molar-refractivity contribution in [2.45, 2.75) is 32.7 Å². The second kappa shape index (κ2) is 8.30. The molecule has 1 aliphatic rings. The third kappa shape index (κ3) is 4.22. The van der Waals surface area contributed by atoms with E-state index in [1.165, 1.54) is 15.0 Å². The van der Waals surface area contributed by atoms with Gasteiger partial charge in [0.15, 0.2) is 0 Å². The zero-order valence-corrected chi connectivity index (χ0v) is 15.9. The Kier molecular flexibility index (Phi) is 6.10.